The molecule has 3 nitrogen and oxygen atoms in total. The van der Waals surface area contributed by atoms with Crippen molar-refractivity contribution < 1.29 is 4.74 Å². The van der Waals surface area contributed by atoms with Gasteiger partial charge in [-0.05, 0) is 31.1 Å². The standard InChI is InChI=1S/C10H22N2O/c1-8(7-13-2)6-10(12-11)9-4-3-5-9/h8-10,12H,3-7,11H2,1-2H3. The van der Waals surface area contributed by atoms with Crippen molar-refractivity contribution in [2.75, 3.05) is 13.7 Å². The Hall–Kier alpha value is -0.120. The summed E-state index contributed by atoms with van der Waals surface area (Å²) in [6.07, 6.45) is 5.19. The van der Waals surface area contributed by atoms with Crippen molar-refractivity contribution in [3.63, 3.8) is 0 Å². The summed E-state index contributed by atoms with van der Waals surface area (Å²) in [6, 6.07) is 0.499. The Labute approximate surface area is 81.0 Å². The molecule has 1 rings (SSSR count). The Morgan fingerprint density at radius 2 is 2.23 bits per heavy atom. The van der Waals surface area contributed by atoms with Crippen LogP contribution in [0, 0.1) is 11.8 Å². The van der Waals surface area contributed by atoms with Gasteiger partial charge < -0.3 is 4.74 Å². The van der Waals surface area contributed by atoms with Gasteiger partial charge in [0.15, 0.2) is 0 Å². The van der Waals surface area contributed by atoms with Gasteiger partial charge in [0.05, 0.1) is 0 Å². The molecule has 0 heterocycles. The lowest BCUT2D eigenvalue weighted by Gasteiger charge is -2.34. The molecule has 1 aliphatic rings. The molecule has 0 bridgehead atoms. The van der Waals surface area contributed by atoms with E-state index in [2.05, 4.69) is 12.3 Å². The average molecular weight is 186 g/mol. The quantitative estimate of drug-likeness (QED) is 0.485. The molecule has 2 unspecified atom stereocenters. The summed E-state index contributed by atoms with van der Waals surface area (Å²) >= 11 is 0. The van der Waals surface area contributed by atoms with Crippen LogP contribution in [-0.4, -0.2) is 19.8 Å². The van der Waals surface area contributed by atoms with Gasteiger partial charge >= 0.3 is 0 Å². The Balaban J connectivity index is 2.21. The summed E-state index contributed by atoms with van der Waals surface area (Å²) in [5.74, 6) is 6.95. The molecule has 0 aromatic rings. The van der Waals surface area contributed by atoms with Crippen molar-refractivity contribution in [2.24, 2.45) is 17.7 Å². The van der Waals surface area contributed by atoms with Gasteiger partial charge in [0.25, 0.3) is 0 Å². The summed E-state index contributed by atoms with van der Waals surface area (Å²) in [5, 5.41) is 0. The average Bonchev–Trinajstić information content (AvgIpc) is 2.00. The first kappa shape index (κ1) is 11.0. The Bertz CT molecular complexity index is 137. The van der Waals surface area contributed by atoms with Crippen LogP contribution in [0.25, 0.3) is 0 Å². The van der Waals surface area contributed by atoms with Crippen LogP contribution in [0.15, 0.2) is 0 Å². The molecule has 0 amide bonds. The van der Waals surface area contributed by atoms with Crippen LogP contribution in [-0.2, 0) is 4.74 Å². The van der Waals surface area contributed by atoms with E-state index >= 15 is 0 Å². The number of rotatable bonds is 6. The van der Waals surface area contributed by atoms with Crippen molar-refractivity contribution in [1.29, 1.82) is 0 Å². The molecule has 3 N–H and O–H groups in total. The van der Waals surface area contributed by atoms with Crippen molar-refractivity contribution in [2.45, 2.75) is 38.6 Å². The van der Waals surface area contributed by atoms with Gasteiger partial charge in [-0.2, -0.15) is 0 Å². The van der Waals surface area contributed by atoms with Gasteiger partial charge in [0, 0.05) is 19.8 Å². The number of methoxy groups -OCH3 is 1. The zero-order valence-electron chi connectivity index (χ0n) is 8.75. The van der Waals surface area contributed by atoms with Crippen LogP contribution in [0.5, 0.6) is 0 Å². The fourth-order valence-corrected chi connectivity index (χ4v) is 2.02. The van der Waals surface area contributed by atoms with E-state index in [1.807, 2.05) is 0 Å². The third kappa shape index (κ3) is 3.25. The lowest BCUT2D eigenvalue weighted by molar-refractivity contribution is 0.130. The normalized spacial score (nSPS) is 22.4. The first-order valence-electron chi connectivity index (χ1n) is 5.23. The van der Waals surface area contributed by atoms with E-state index in [4.69, 9.17) is 10.6 Å². The number of nitrogens with two attached hydrogens (primary N) is 1. The number of nitrogens with one attached hydrogen (secondary N) is 1. The predicted molar refractivity (Wildman–Crippen MR) is 54.1 cm³/mol. The topological polar surface area (TPSA) is 47.3 Å². The van der Waals surface area contributed by atoms with Crippen molar-refractivity contribution in [1.82, 2.24) is 5.43 Å². The van der Waals surface area contributed by atoms with Gasteiger partial charge in [-0.3, -0.25) is 11.3 Å². The first-order valence-corrected chi connectivity index (χ1v) is 5.23. The molecule has 3 heteroatoms. The van der Waals surface area contributed by atoms with E-state index < -0.39 is 0 Å². The fourth-order valence-electron chi connectivity index (χ4n) is 2.02. The Morgan fingerprint density at radius 3 is 2.62 bits per heavy atom. The Morgan fingerprint density at radius 1 is 1.54 bits per heavy atom. The van der Waals surface area contributed by atoms with Crippen LogP contribution in [0.2, 0.25) is 0 Å². The highest BCUT2D eigenvalue weighted by Gasteiger charge is 2.27. The summed E-state index contributed by atoms with van der Waals surface area (Å²) in [5.41, 5.74) is 2.94. The molecule has 2 atom stereocenters. The fraction of sp³-hybridized carbons (Fsp3) is 1.00. The zero-order chi connectivity index (χ0) is 9.68. The molecule has 78 valence electrons. The van der Waals surface area contributed by atoms with E-state index in [9.17, 15) is 0 Å². The molecule has 1 aliphatic carbocycles. The van der Waals surface area contributed by atoms with Crippen molar-refractivity contribution in [3.8, 4) is 0 Å². The van der Waals surface area contributed by atoms with E-state index in [0.717, 1.165) is 18.9 Å². The van der Waals surface area contributed by atoms with Crippen molar-refractivity contribution in [3.05, 3.63) is 0 Å². The zero-order valence-corrected chi connectivity index (χ0v) is 8.75. The van der Waals surface area contributed by atoms with E-state index in [-0.39, 0.29) is 0 Å². The second-order valence-corrected chi connectivity index (χ2v) is 4.26. The highest BCUT2D eigenvalue weighted by molar-refractivity contribution is 4.82. The maximum atomic E-state index is 5.54. The molecule has 13 heavy (non-hydrogen) atoms. The molecule has 0 aromatic heterocycles. The number of hydrogen-bond donors (Lipinski definition) is 2. The minimum atomic E-state index is 0.499. The van der Waals surface area contributed by atoms with Gasteiger partial charge in [0.1, 0.15) is 0 Å². The number of hydrazine groups is 1. The van der Waals surface area contributed by atoms with Crippen LogP contribution in [0.4, 0.5) is 0 Å². The molecular formula is C10H22N2O. The number of hydrogen-bond acceptors (Lipinski definition) is 3. The Kier molecular flexibility index (Phi) is 4.70. The SMILES string of the molecule is COCC(C)CC(NN)C1CCC1. The van der Waals surface area contributed by atoms with E-state index in [1.165, 1.54) is 19.3 Å². The third-order valence-electron chi connectivity index (χ3n) is 3.04. The minimum absolute atomic E-state index is 0.499. The molecular weight excluding hydrogens is 164 g/mol. The highest BCUT2D eigenvalue weighted by Crippen LogP contribution is 2.31. The maximum Gasteiger partial charge on any atom is 0.0488 e. The molecule has 0 saturated heterocycles. The summed E-state index contributed by atoms with van der Waals surface area (Å²) in [4.78, 5) is 0. The monoisotopic (exact) mass is 186 g/mol. The third-order valence-corrected chi connectivity index (χ3v) is 3.04. The molecule has 0 spiro atoms. The van der Waals surface area contributed by atoms with Gasteiger partial charge in [-0.25, -0.2) is 0 Å². The van der Waals surface area contributed by atoms with Crippen molar-refractivity contribution >= 4 is 0 Å². The van der Waals surface area contributed by atoms with Crippen LogP contribution in [0.1, 0.15) is 32.6 Å². The van der Waals surface area contributed by atoms with Crippen LogP contribution in [0.3, 0.4) is 0 Å². The molecule has 0 radical (unpaired) electrons. The van der Waals surface area contributed by atoms with E-state index in [0.29, 0.717) is 12.0 Å². The second kappa shape index (κ2) is 5.58. The van der Waals surface area contributed by atoms with Gasteiger partial charge in [-0.15, -0.1) is 0 Å². The second-order valence-electron chi connectivity index (χ2n) is 4.26. The van der Waals surface area contributed by atoms with Crippen LogP contribution >= 0.6 is 0 Å². The predicted octanol–water partition coefficient (Wildman–Crippen LogP) is 1.29. The van der Waals surface area contributed by atoms with Crippen LogP contribution < -0.4 is 11.3 Å². The summed E-state index contributed by atoms with van der Waals surface area (Å²) < 4.78 is 5.11. The largest absolute Gasteiger partial charge is 0.384 e. The maximum absolute atomic E-state index is 5.54. The highest BCUT2D eigenvalue weighted by atomic mass is 16.5. The molecule has 0 aromatic carbocycles. The van der Waals surface area contributed by atoms with Gasteiger partial charge in [0.2, 0.25) is 0 Å². The first-order chi connectivity index (χ1) is 6.27. The molecule has 0 aliphatic heterocycles. The summed E-state index contributed by atoms with van der Waals surface area (Å²) in [6.45, 7) is 3.05. The smallest absolute Gasteiger partial charge is 0.0488 e. The van der Waals surface area contributed by atoms with Gasteiger partial charge in [-0.1, -0.05) is 13.3 Å². The lowest BCUT2D eigenvalue weighted by atomic mass is 9.77. The summed E-state index contributed by atoms with van der Waals surface area (Å²) in [7, 11) is 1.75. The molecule has 1 saturated carbocycles. The van der Waals surface area contributed by atoms with E-state index in [1.54, 1.807) is 7.11 Å². The minimum Gasteiger partial charge on any atom is -0.384 e. The molecule has 1 fully saturated rings. The number of ether oxygens (including phenoxy) is 1. The lowest BCUT2D eigenvalue weighted by Crippen LogP contribution is -2.44.